The van der Waals surface area contributed by atoms with Crippen LogP contribution >= 0.6 is 0 Å². The standard InChI is InChI=1S/C19H27NO/c1-11(2)15-9-6-13(5)19-18(15)17(12(3)4)16(21-19)10-20-14-7-8-14/h6,9,11-12,14,20H,7-8,10H2,1-5H3. The van der Waals surface area contributed by atoms with Gasteiger partial charge in [0, 0.05) is 17.0 Å². The van der Waals surface area contributed by atoms with Gasteiger partial charge in [-0.05, 0) is 42.7 Å². The fraction of sp³-hybridized carbons (Fsp3) is 0.579. The van der Waals surface area contributed by atoms with Crippen LogP contribution in [0.4, 0.5) is 0 Å². The van der Waals surface area contributed by atoms with E-state index in [0.29, 0.717) is 17.9 Å². The first-order valence-corrected chi connectivity index (χ1v) is 8.27. The highest BCUT2D eigenvalue weighted by atomic mass is 16.3. The second-order valence-electron chi connectivity index (χ2n) is 7.08. The Morgan fingerprint density at radius 3 is 2.43 bits per heavy atom. The molecule has 2 aromatic rings. The van der Waals surface area contributed by atoms with Crippen molar-refractivity contribution < 1.29 is 4.42 Å². The lowest BCUT2D eigenvalue weighted by molar-refractivity contribution is 0.502. The molecule has 0 bridgehead atoms. The quantitative estimate of drug-likeness (QED) is 0.812. The number of fused-ring (bicyclic) bond motifs is 1. The second-order valence-corrected chi connectivity index (χ2v) is 7.08. The molecule has 1 aromatic carbocycles. The molecule has 1 saturated carbocycles. The summed E-state index contributed by atoms with van der Waals surface area (Å²) in [4.78, 5) is 0. The number of benzene rings is 1. The zero-order chi connectivity index (χ0) is 15.1. The highest BCUT2D eigenvalue weighted by Gasteiger charge is 2.25. The van der Waals surface area contributed by atoms with Crippen LogP contribution in [0.5, 0.6) is 0 Å². The topological polar surface area (TPSA) is 25.2 Å². The molecule has 1 aromatic heterocycles. The third kappa shape index (κ3) is 2.74. The highest BCUT2D eigenvalue weighted by molar-refractivity contribution is 5.89. The number of hydrogen-bond acceptors (Lipinski definition) is 2. The van der Waals surface area contributed by atoms with E-state index in [1.165, 1.54) is 34.9 Å². The average molecular weight is 285 g/mol. The van der Waals surface area contributed by atoms with E-state index >= 15 is 0 Å². The summed E-state index contributed by atoms with van der Waals surface area (Å²) >= 11 is 0. The van der Waals surface area contributed by atoms with Crippen molar-refractivity contribution in [3.05, 3.63) is 34.6 Å². The van der Waals surface area contributed by atoms with Crippen LogP contribution in [0.1, 0.15) is 74.8 Å². The predicted octanol–water partition coefficient (Wildman–Crippen LogP) is 5.24. The molecular formula is C19H27NO. The maximum absolute atomic E-state index is 6.30. The number of aryl methyl sites for hydroxylation is 1. The van der Waals surface area contributed by atoms with Crippen molar-refractivity contribution in [1.82, 2.24) is 5.32 Å². The first-order chi connectivity index (χ1) is 9.99. The monoisotopic (exact) mass is 285 g/mol. The van der Waals surface area contributed by atoms with Crippen molar-refractivity contribution in [1.29, 1.82) is 0 Å². The van der Waals surface area contributed by atoms with Crippen LogP contribution in [0.15, 0.2) is 16.5 Å². The summed E-state index contributed by atoms with van der Waals surface area (Å²) < 4.78 is 6.30. The van der Waals surface area contributed by atoms with Gasteiger partial charge in [0.25, 0.3) is 0 Å². The van der Waals surface area contributed by atoms with Crippen molar-refractivity contribution in [3.8, 4) is 0 Å². The molecule has 21 heavy (non-hydrogen) atoms. The lowest BCUT2D eigenvalue weighted by atomic mass is 9.90. The highest BCUT2D eigenvalue weighted by Crippen LogP contribution is 2.38. The molecule has 1 N–H and O–H groups in total. The van der Waals surface area contributed by atoms with Gasteiger partial charge in [0.1, 0.15) is 11.3 Å². The summed E-state index contributed by atoms with van der Waals surface area (Å²) in [5.74, 6) is 2.15. The molecule has 1 fully saturated rings. The third-order valence-corrected chi connectivity index (χ3v) is 4.51. The van der Waals surface area contributed by atoms with Gasteiger partial charge in [-0.25, -0.2) is 0 Å². The largest absolute Gasteiger partial charge is 0.459 e. The van der Waals surface area contributed by atoms with Gasteiger partial charge in [0.2, 0.25) is 0 Å². The van der Waals surface area contributed by atoms with E-state index < -0.39 is 0 Å². The van der Waals surface area contributed by atoms with E-state index in [9.17, 15) is 0 Å². The van der Waals surface area contributed by atoms with Gasteiger partial charge in [-0.15, -0.1) is 0 Å². The van der Waals surface area contributed by atoms with Gasteiger partial charge in [-0.1, -0.05) is 39.8 Å². The van der Waals surface area contributed by atoms with E-state index in [2.05, 4.69) is 52.1 Å². The van der Waals surface area contributed by atoms with Crippen LogP contribution in [-0.4, -0.2) is 6.04 Å². The molecule has 1 aliphatic carbocycles. The molecule has 2 nitrogen and oxygen atoms in total. The molecular weight excluding hydrogens is 258 g/mol. The Bertz CT molecular complexity index is 647. The lowest BCUT2D eigenvalue weighted by Crippen LogP contribution is -2.16. The summed E-state index contributed by atoms with van der Waals surface area (Å²) in [6.07, 6.45) is 2.63. The van der Waals surface area contributed by atoms with Crippen LogP contribution < -0.4 is 5.32 Å². The summed E-state index contributed by atoms with van der Waals surface area (Å²) in [5, 5.41) is 4.97. The molecule has 0 unspecified atom stereocenters. The Kier molecular flexibility index (Phi) is 3.83. The van der Waals surface area contributed by atoms with E-state index in [-0.39, 0.29) is 0 Å². The van der Waals surface area contributed by atoms with E-state index in [0.717, 1.165) is 17.9 Å². The maximum Gasteiger partial charge on any atom is 0.137 e. The van der Waals surface area contributed by atoms with Gasteiger partial charge in [0.15, 0.2) is 0 Å². The number of rotatable bonds is 5. The first kappa shape index (κ1) is 14.6. The Morgan fingerprint density at radius 1 is 1.14 bits per heavy atom. The molecule has 0 saturated heterocycles. The van der Waals surface area contributed by atoms with Crippen molar-refractivity contribution in [3.63, 3.8) is 0 Å². The summed E-state index contributed by atoms with van der Waals surface area (Å²) in [5.41, 5.74) is 5.16. The second kappa shape index (κ2) is 5.49. The van der Waals surface area contributed by atoms with E-state index in [1.54, 1.807) is 0 Å². The molecule has 0 aliphatic heterocycles. The molecule has 1 heterocycles. The Labute approximate surface area is 127 Å². The van der Waals surface area contributed by atoms with Crippen LogP contribution in [0.3, 0.4) is 0 Å². The molecule has 0 atom stereocenters. The minimum Gasteiger partial charge on any atom is -0.459 e. The van der Waals surface area contributed by atoms with Gasteiger partial charge in [-0.3, -0.25) is 0 Å². The van der Waals surface area contributed by atoms with Gasteiger partial charge >= 0.3 is 0 Å². The molecule has 1 aliphatic rings. The Hall–Kier alpha value is -1.28. The summed E-state index contributed by atoms with van der Waals surface area (Å²) in [7, 11) is 0. The molecule has 0 amide bonds. The molecule has 114 valence electrons. The SMILES string of the molecule is Cc1ccc(C(C)C)c2c(C(C)C)c(CNC3CC3)oc12. The Morgan fingerprint density at radius 2 is 1.86 bits per heavy atom. The van der Waals surface area contributed by atoms with Crippen LogP contribution in [-0.2, 0) is 6.54 Å². The fourth-order valence-electron chi connectivity index (χ4n) is 3.18. The van der Waals surface area contributed by atoms with Gasteiger partial charge < -0.3 is 9.73 Å². The number of hydrogen-bond donors (Lipinski definition) is 1. The third-order valence-electron chi connectivity index (χ3n) is 4.51. The summed E-state index contributed by atoms with van der Waals surface area (Å²) in [6.45, 7) is 12.1. The molecule has 3 rings (SSSR count). The normalized spacial score (nSPS) is 15.6. The molecule has 0 radical (unpaired) electrons. The smallest absolute Gasteiger partial charge is 0.137 e. The lowest BCUT2D eigenvalue weighted by Gasteiger charge is -2.12. The Balaban J connectivity index is 2.15. The maximum atomic E-state index is 6.30. The van der Waals surface area contributed by atoms with Crippen LogP contribution in [0.2, 0.25) is 0 Å². The summed E-state index contributed by atoms with van der Waals surface area (Å²) in [6, 6.07) is 5.19. The van der Waals surface area contributed by atoms with Crippen molar-refractivity contribution >= 4 is 11.0 Å². The zero-order valence-corrected chi connectivity index (χ0v) is 13.9. The van der Waals surface area contributed by atoms with Crippen LogP contribution in [0.25, 0.3) is 11.0 Å². The van der Waals surface area contributed by atoms with E-state index in [4.69, 9.17) is 4.42 Å². The predicted molar refractivity (Wildman–Crippen MR) is 89.0 cm³/mol. The van der Waals surface area contributed by atoms with Gasteiger partial charge in [-0.2, -0.15) is 0 Å². The minimum atomic E-state index is 0.488. The van der Waals surface area contributed by atoms with Crippen molar-refractivity contribution in [2.45, 2.75) is 71.9 Å². The first-order valence-electron chi connectivity index (χ1n) is 8.27. The van der Waals surface area contributed by atoms with E-state index in [1.807, 2.05) is 0 Å². The van der Waals surface area contributed by atoms with Crippen molar-refractivity contribution in [2.24, 2.45) is 0 Å². The minimum absolute atomic E-state index is 0.488. The number of furan rings is 1. The van der Waals surface area contributed by atoms with Crippen LogP contribution in [0, 0.1) is 6.92 Å². The average Bonchev–Trinajstić information content (AvgIpc) is 3.15. The molecule has 2 heteroatoms. The van der Waals surface area contributed by atoms with Gasteiger partial charge in [0.05, 0.1) is 6.54 Å². The molecule has 0 spiro atoms. The fourth-order valence-corrected chi connectivity index (χ4v) is 3.18. The number of nitrogens with one attached hydrogen (secondary N) is 1. The van der Waals surface area contributed by atoms with Crippen molar-refractivity contribution in [2.75, 3.05) is 0 Å². The zero-order valence-electron chi connectivity index (χ0n) is 13.9.